The fourth-order valence-corrected chi connectivity index (χ4v) is 3.06. The van der Waals surface area contributed by atoms with Crippen molar-refractivity contribution in [1.82, 2.24) is 4.90 Å². The third kappa shape index (κ3) is 2.09. The van der Waals surface area contributed by atoms with E-state index in [1.54, 1.807) is 0 Å². The minimum atomic E-state index is 0.353. The first-order valence-electron chi connectivity index (χ1n) is 6.20. The van der Waals surface area contributed by atoms with Crippen molar-refractivity contribution in [2.24, 2.45) is 17.8 Å². The van der Waals surface area contributed by atoms with Gasteiger partial charge in [-0.05, 0) is 44.4 Å². The number of rotatable bonds is 4. The van der Waals surface area contributed by atoms with Gasteiger partial charge in [0, 0.05) is 19.5 Å². The van der Waals surface area contributed by atoms with Crippen molar-refractivity contribution in [3.8, 4) is 0 Å². The largest absolute Gasteiger partial charge is 0.343 e. The highest BCUT2D eigenvalue weighted by Gasteiger charge is 2.36. The number of fused-ring (bicyclic) bond motifs is 2. The molecule has 0 saturated heterocycles. The van der Waals surface area contributed by atoms with Crippen LogP contribution in [0.2, 0.25) is 0 Å². The Morgan fingerprint density at radius 1 is 1.27 bits per heavy atom. The van der Waals surface area contributed by atoms with Crippen LogP contribution in [0, 0.1) is 17.8 Å². The highest BCUT2D eigenvalue weighted by molar-refractivity contribution is 5.76. The summed E-state index contributed by atoms with van der Waals surface area (Å²) < 4.78 is 0. The van der Waals surface area contributed by atoms with Gasteiger partial charge >= 0.3 is 0 Å². The number of nitrogens with zero attached hydrogens (tertiary/aromatic N) is 1. The SMILES string of the molecule is CCN(CC)C(=O)CC1CC2C=CC1C2. The summed E-state index contributed by atoms with van der Waals surface area (Å²) in [4.78, 5) is 13.9. The third-order valence-electron chi connectivity index (χ3n) is 3.97. The van der Waals surface area contributed by atoms with Crippen LogP contribution in [-0.4, -0.2) is 23.9 Å². The van der Waals surface area contributed by atoms with Crippen LogP contribution in [0.1, 0.15) is 33.1 Å². The van der Waals surface area contributed by atoms with Crippen LogP contribution in [0.25, 0.3) is 0 Å². The van der Waals surface area contributed by atoms with Crippen molar-refractivity contribution in [3.63, 3.8) is 0 Å². The summed E-state index contributed by atoms with van der Waals surface area (Å²) in [6, 6.07) is 0. The van der Waals surface area contributed by atoms with Gasteiger partial charge in [-0.2, -0.15) is 0 Å². The first-order chi connectivity index (χ1) is 7.24. The van der Waals surface area contributed by atoms with Crippen LogP contribution < -0.4 is 0 Å². The summed E-state index contributed by atoms with van der Waals surface area (Å²) in [5, 5.41) is 0. The summed E-state index contributed by atoms with van der Waals surface area (Å²) in [5.41, 5.74) is 0. The van der Waals surface area contributed by atoms with Crippen LogP contribution in [-0.2, 0) is 4.79 Å². The highest BCUT2D eigenvalue weighted by atomic mass is 16.2. The molecule has 2 heteroatoms. The van der Waals surface area contributed by atoms with Crippen molar-refractivity contribution >= 4 is 5.91 Å². The van der Waals surface area contributed by atoms with E-state index in [0.29, 0.717) is 17.7 Å². The van der Waals surface area contributed by atoms with Crippen LogP contribution in [0.5, 0.6) is 0 Å². The Bertz CT molecular complexity index is 268. The van der Waals surface area contributed by atoms with Gasteiger partial charge in [0.2, 0.25) is 5.91 Å². The normalized spacial score (nSPS) is 32.3. The molecule has 0 aromatic carbocycles. The predicted molar refractivity (Wildman–Crippen MR) is 61.4 cm³/mol. The lowest BCUT2D eigenvalue weighted by atomic mass is 9.90. The number of carbonyl (C=O) groups excluding carboxylic acids is 1. The van der Waals surface area contributed by atoms with E-state index >= 15 is 0 Å². The quantitative estimate of drug-likeness (QED) is 0.648. The third-order valence-corrected chi connectivity index (χ3v) is 3.97. The van der Waals surface area contributed by atoms with E-state index in [1.807, 2.05) is 4.90 Å². The van der Waals surface area contributed by atoms with Crippen molar-refractivity contribution in [1.29, 1.82) is 0 Å². The van der Waals surface area contributed by atoms with Gasteiger partial charge in [0.15, 0.2) is 0 Å². The second-order valence-electron chi connectivity index (χ2n) is 4.81. The molecule has 84 valence electrons. The van der Waals surface area contributed by atoms with Crippen LogP contribution in [0.3, 0.4) is 0 Å². The minimum Gasteiger partial charge on any atom is -0.343 e. The molecular weight excluding hydrogens is 186 g/mol. The van der Waals surface area contributed by atoms with Crippen molar-refractivity contribution in [3.05, 3.63) is 12.2 Å². The molecule has 3 unspecified atom stereocenters. The van der Waals surface area contributed by atoms with Crippen molar-refractivity contribution in [2.75, 3.05) is 13.1 Å². The molecule has 2 bridgehead atoms. The molecular formula is C13H21NO. The first-order valence-corrected chi connectivity index (χ1v) is 6.20. The lowest BCUT2D eigenvalue weighted by Gasteiger charge is -2.23. The van der Waals surface area contributed by atoms with Crippen LogP contribution in [0.15, 0.2) is 12.2 Å². The Balaban J connectivity index is 1.87. The Kier molecular flexibility index (Phi) is 3.13. The topological polar surface area (TPSA) is 20.3 Å². The second-order valence-corrected chi connectivity index (χ2v) is 4.81. The molecule has 0 aromatic rings. The van der Waals surface area contributed by atoms with E-state index in [4.69, 9.17) is 0 Å². The number of amides is 1. The molecule has 0 heterocycles. The molecule has 1 fully saturated rings. The highest BCUT2D eigenvalue weighted by Crippen LogP contribution is 2.44. The fourth-order valence-electron chi connectivity index (χ4n) is 3.06. The first kappa shape index (κ1) is 10.7. The molecule has 3 atom stereocenters. The number of hydrogen-bond acceptors (Lipinski definition) is 1. The zero-order chi connectivity index (χ0) is 10.8. The average molecular weight is 207 g/mol. The predicted octanol–water partition coefficient (Wildman–Crippen LogP) is 2.46. The zero-order valence-corrected chi connectivity index (χ0v) is 9.78. The maximum atomic E-state index is 11.9. The number of hydrogen-bond donors (Lipinski definition) is 0. The Morgan fingerprint density at radius 3 is 2.47 bits per heavy atom. The van der Waals surface area contributed by atoms with Gasteiger partial charge in [0.1, 0.15) is 0 Å². The Morgan fingerprint density at radius 2 is 2.00 bits per heavy atom. The smallest absolute Gasteiger partial charge is 0.222 e. The monoisotopic (exact) mass is 207 g/mol. The van der Waals surface area contributed by atoms with Gasteiger partial charge in [0.25, 0.3) is 0 Å². The molecule has 2 nitrogen and oxygen atoms in total. The standard InChI is InChI=1S/C13H21NO/c1-3-14(4-2)13(15)9-12-8-10-5-6-11(12)7-10/h5-6,10-12H,3-4,7-9H2,1-2H3. The van der Waals surface area contributed by atoms with E-state index in [-0.39, 0.29) is 0 Å². The van der Waals surface area contributed by atoms with Gasteiger partial charge in [-0.15, -0.1) is 0 Å². The van der Waals surface area contributed by atoms with Crippen molar-refractivity contribution < 1.29 is 4.79 Å². The zero-order valence-electron chi connectivity index (χ0n) is 9.78. The molecule has 2 aliphatic carbocycles. The number of carbonyl (C=O) groups is 1. The molecule has 0 N–H and O–H groups in total. The van der Waals surface area contributed by atoms with Gasteiger partial charge in [-0.1, -0.05) is 12.2 Å². The molecule has 1 saturated carbocycles. The van der Waals surface area contributed by atoms with Gasteiger partial charge in [-0.3, -0.25) is 4.79 Å². The van der Waals surface area contributed by atoms with E-state index in [2.05, 4.69) is 26.0 Å². The molecule has 2 aliphatic rings. The van der Waals surface area contributed by atoms with Gasteiger partial charge in [-0.25, -0.2) is 0 Å². The lowest BCUT2D eigenvalue weighted by molar-refractivity contribution is -0.132. The summed E-state index contributed by atoms with van der Waals surface area (Å²) >= 11 is 0. The Labute approximate surface area is 92.3 Å². The average Bonchev–Trinajstić information content (AvgIpc) is 2.81. The summed E-state index contributed by atoms with van der Waals surface area (Å²) in [6.45, 7) is 5.82. The van der Waals surface area contributed by atoms with E-state index < -0.39 is 0 Å². The molecule has 0 aliphatic heterocycles. The van der Waals surface area contributed by atoms with Crippen LogP contribution >= 0.6 is 0 Å². The lowest BCUT2D eigenvalue weighted by Crippen LogP contribution is -2.32. The second kappa shape index (κ2) is 4.38. The number of allylic oxidation sites excluding steroid dienone is 2. The summed E-state index contributed by atoms with van der Waals surface area (Å²) in [5.74, 6) is 2.47. The van der Waals surface area contributed by atoms with Crippen LogP contribution in [0.4, 0.5) is 0 Å². The fraction of sp³-hybridized carbons (Fsp3) is 0.769. The maximum Gasteiger partial charge on any atom is 0.222 e. The summed E-state index contributed by atoms with van der Waals surface area (Å²) in [6.07, 6.45) is 7.98. The Hall–Kier alpha value is -0.790. The molecule has 15 heavy (non-hydrogen) atoms. The van der Waals surface area contributed by atoms with E-state index in [9.17, 15) is 4.79 Å². The molecule has 0 radical (unpaired) electrons. The molecule has 0 aromatic heterocycles. The molecule has 0 spiro atoms. The minimum absolute atomic E-state index is 0.353. The maximum absolute atomic E-state index is 11.9. The van der Waals surface area contributed by atoms with E-state index in [1.165, 1.54) is 12.8 Å². The van der Waals surface area contributed by atoms with Gasteiger partial charge in [0.05, 0.1) is 0 Å². The molecule has 1 amide bonds. The summed E-state index contributed by atoms with van der Waals surface area (Å²) in [7, 11) is 0. The van der Waals surface area contributed by atoms with Crippen molar-refractivity contribution in [2.45, 2.75) is 33.1 Å². The van der Waals surface area contributed by atoms with E-state index in [0.717, 1.165) is 25.4 Å². The molecule has 2 rings (SSSR count). The van der Waals surface area contributed by atoms with Gasteiger partial charge < -0.3 is 4.90 Å².